The van der Waals surface area contributed by atoms with Gasteiger partial charge in [-0.05, 0) is 5.92 Å². The van der Waals surface area contributed by atoms with Crippen molar-refractivity contribution in [1.82, 2.24) is 5.32 Å². The maximum absolute atomic E-state index is 12.0. The number of nitrogens with two attached hydrogens (primary N) is 2. The Morgan fingerprint density at radius 3 is 1.80 bits per heavy atom. The molecular formula is C23H43N3O15. The van der Waals surface area contributed by atoms with E-state index >= 15 is 0 Å². The van der Waals surface area contributed by atoms with Gasteiger partial charge >= 0.3 is 5.97 Å². The first-order valence-corrected chi connectivity index (χ1v) is 13.3. The Labute approximate surface area is 235 Å². The molecule has 3 fully saturated rings. The normalized spacial score (nSPS) is 46.4. The molecule has 18 nitrogen and oxygen atoms in total. The summed E-state index contributed by atoms with van der Waals surface area (Å²) in [6.45, 7) is 0.971. The number of hydrogen-bond donors (Lipinski definition) is 12. The van der Waals surface area contributed by atoms with Gasteiger partial charge in [-0.3, -0.25) is 10.1 Å². The molecule has 240 valence electrons. The standard InChI is InChI=1S/C23H43N3O15/c1-6(2)12(20(34)35)26-13-17(33)19(40-22-11(25)15(31)14(30)7(3-27)38-22)9(5-29)39-23(13)41-18-8(4-28)37-21(36)10(24)16(18)32/h6-19,21-23,26-33,36H,3-5,24-25H2,1-2H3,(H,34,35)/t7-,8-,9-,10-,11-,12?,13-,14-,15-,16-,17-,18?,19?,21-,22+,23+/m1/s1. The van der Waals surface area contributed by atoms with E-state index in [1.54, 1.807) is 13.8 Å². The average molecular weight is 602 g/mol. The molecule has 0 spiro atoms. The summed E-state index contributed by atoms with van der Waals surface area (Å²) in [6.07, 6.45) is -18.2. The zero-order chi connectivity index (χ0) is 30.8. The lowest BCUT2D eigenvalue weighted by atomic mass is 9.92. The number of hydrogen-bond acceptors (Lipinski definition) is 17. The molecule has 0 radical (unpaired) electrons. The SMILES string of the molecule is CC(C)C(N[C@H]1[C@H](OC2[C@@H](CO)O[C@@H](O)[C@H](N)[C@H]2O)O[C@H](CO)C(O[C@@H]2O[C@H](CO)[C@@H](O)[C@H](O)[C@H]2N)[C@@H]1O)C(=O)O. The number of carboxylic acid groups (broad SMARTS) is 1. The van der Waals surface area contributed by atoms with E-state index in [1.165, 1.54) is 0 Å². The Morgan fingerprint density at radius 1 is 0.756 bits per heavy atom. The Morgan fingerprint density at radius 2 is 1.27 bits per heavy atom. The molecular weight excluding hydrogens is 558 g/mol. The van der Waals surface area contributed by atoms with Gasteiger partial charge in [0.15, 0.2) is 18.9 Å². The molecule has 0 aliphatic carbocycles. The van der Waals surface area contributed by atoms with Crippen molar-refractivity contribution in [2.24, 2.45) is 17.4 Å². The lowest BCUT2D eigenvalue weighted by Crippen LogP contribution is -2.71. The van der Waals surface area contributed by atoms with E-state index in [-0.39, 0.29) is 0 Å². The van der Waals surface area contributed by atoms with E-state index in [9.17, 15) is 50.8 Å². The van der Waals surface area contributed by atoms with Gasteiger partial charge in [-0.15, -0.1) is 0 Å². The van der Waals surface area contributed by atoms with Crippen molar-refractivity contribution in [3.05, 3.63) is 0 Å². The van der Waals surface area contributed by atoms with Crippen LogP contribution in [-0.4, -0.2) is 170 Å². The predicted octanol–water partition coefficient (Wildman–Crippen LogP) is -6.93. The topological polar surface area (TPSA) is 309 Å². The zero-order valence-electron chi connectivity index (χ0n) is 22.6. The number of aliphatic carboxylic acids is 1. The van der Waals surface area contributed by atoms with E-state index in [0.717, 1.165) is 0 Å². The van der Waals surface area contributed by atoms with Crippen LogP contribution in [0.4, 0.5) is 0 Å². The molecule has 3 unspecified atom stereocenters. The molecule has 41 heavy (non-hydrogen) atoms. The third-order valence-corrected chi connectivity index (χ3v) is 7.59. The zero-order valence-corrected chi connectivity index (χ0v) is 22.6. The van der Waals surface area contributed by atoms with Crippen molar-refractivity contribution in [2.75, 3.05) is 19.8 Å². The van der Waals surface area contributed by atoms with Crippen molar-refractivity contribution < 1.29 is 74.4 Å². The number of rotatable bonds is 11. The monoisotopic (exact) mass is 601 g/mol. The van der Waals surface area contributed by atoms with E-state index in [1.807, 2.05) is 0 Å². The van der Waals surface area contributed by atoms with Crippen molar-refractivity contribution >= 4 is 5.97 Å². The number of carboxylic acids is 1. The summed E-state index contributed by atoms with van der Waals surface area (Å²) in [5.74, 6) is -1.81. The highest BCUT2D eigenvalue weighted by Crippen LogP contribution is 2.32. The number of nitrogens with one attached hydrogen (secondary N) is 1. The van der Waals surface area contributed by atoms with Crippen LogP contribution in [0, 0.1) is 5.92 Å². The fraction of sp³-hybridized carbons (Fsp3) is 0.957. The summed E-state index contributed by atoms with van der Waals surface area (Å²) < 4.78 is 28.2. The second-order valence-corrected chi connectivity index (χ2v) is 10.8. The molecule has 0 aromatic rings. The molecule has 18 heteroatoms. The molecule has 14 N–H and O–H groups in total. The number of ether oxygens (including phenoxy) is 5. The summed E-state index contributed by atoms with van der Waals surface area (Å²) in [5, 5.41) is 94.3. The first-order valence-electron chi connectivity index (χ1n) is 13.3. The Balaban J connectivity index is 1.92. The molecule has 16 atom stereocenters. The summed E-state index contributed by atoms with van der Waals surface area (Å²) in [7, 11) is 0. The number of aliphatic hydroxyl groups is 8. The van der Waals surface area contributed by atoms with E-state index < -0.39 is 130 Å². The third kappa shape index (κ3) is 7.32. The number of aliphatic hydroxyl groups excluding tert-OH is 8. The molecule has 0 aromatic heterocycles. The molecule has 3 aliphatic rings. The molecule has 3 heterocycles. The van der Waals surface area contributed by atoms with Crippen molar-refractivity contribution in [1.29, 1.82) is 0 Å². The molecule has 0 amide bonds. The van der Waals surface area contributed by atoms with Crippen molar-refractivity contribution in [2.45, 2.75) is 112 Å². The lowest BCUT2D eigenvalue weighted by molar-refractivity contribution is -0.351. The first-order chi connectivity index (χ1) is 19.3. The summed E-state index contributed by atoms with van der Waals surface area (Å²) >= 11 is 0. The van der Waals surface area contributed by atoms with Gasteiger partial charge in [0.2, 0.25) is 0 Å². The summed E-state index contributed by atoms with van der Waals surface area (Å²) in [4.78, 5) is 12.0. The van der Waals surface area contributed by atoms with Crippen LogP contribution >= 0.6 is 0 Å². The Hall–Kier alpha value is -1.17. The molecule has 0 aromatic carbocycles. The molecule has 3 rings (SSSR count). The van der Waals surface area contributed by atoms with Crippen LogP contribution in [0.2, 0.25) is 0 Å². The van der Waals surface area contributed by atoms with E-state index in [4.69, 9.17) is 35.2 Å². The highest BCUT2D eigenvalue weighted by molar-refractivity contribution is 5.73. The van der Waals surface area contributed by atoms with E-state index in [2.05, 4.69) is 5.32 Å². The van der Waals surface area contributed by atoms with Crippen LogP contribution < -0.4 is 16.8 Å². The van der Waals surface area contributed by atoms with Gasteiger partial charge < -0.3 is 81.1 Å². The van der Waals surface area contributed by atoms with Gasteiger partial charge in [-0.25, -0.2) is 0 Å². The lowest BCUT2D eigenvalue weighted by Gasteiger charge is -2.50. The second kappa shape index (κ2) is 14.5. The fourth-order valence-corrected chi connectivity index (χ4v) is 5.09. The van der Waals surface area contributed by atoms with Gasteiger partial charge in [-0.2, -0.15) is 0 Å². The van der Waals surface area contributed by atoms with Crippen LogP contribution in [0.15, 0.2) is 0 Å². The molecule has 3 saturated heterocycles. The first kappa shape index (κ1) is 34.3. The van der Waals surface area contributed by atoms with Gasteiger partial charge in [0, 0.05) is 0 Å². The molecule has 0 bridgehead atoms. The van der Waals surface area contributed by atoms with Crippen LogP contribution in [0.25, 0.3) is 0 Å². The Bertz CT molecular complexity index is 840. The second-order valence-electron chi connectivity index (χ2n) is 10.8. The van der Waals surface area contributed by atoms with Gasteiger partial charge in [0.1, 0.15) is 61.0 Å². The van der Waals surface area contributed by atoms with Gasteiger partial charge in [0.05, 0.1) is 37.9 Å². The maximum Gasteiger partial charge on any atom is 0.320 e. The van der Waals surface area contributed by atoms with Gasteiger partial charge in [-0.1, -0.05) is 13.8 Å². The predicted molar refractivity (Wildman–Crippen MR) is 132 cm³/mol. The van der Waals surface area contributed by atoms with Gasteiger partial charge in [0.25, 0.3) is 0 Å². The molecule has 0 saturated carbocycles. The summed E-state index contributed by atoms with van der Waals surface area (Å²) in [5.41, 5.74) is 11.7. The minimum Gasteiger partial charge on any atom is -0.480 e. The van der Waals surface area contributed by atoms with Crippen molar-refractivity contribution in [3.63, 3.8) is 0 Å². The maximum atomic E-state index is 12.0. The largest absolute Gasteiger partial charge is 0.480 e. The van der Waals surface area contributed by atoms with Crippen LogP contribution in [0.3, 0.4) is 0 Å². The fourth-order valence-electron chi connectivity index (χ4n) is 5.09. The van der Waals surface area contributed by atoms with E-state index in [0.29, 0.717) is 0 Å². The van der Waals surface area contributed by atoms with Crippen LogP contribution in [0.5, 0.6) is 0 Å². The minimum atomic E-state index is -1.73. The summed E-state index contributed by atoms with van der Waals surface area (Å²) in [6, 6.07) is -5.44. The van der Waals surface area contributed by atoms with Crippen LogP contribution in [0.1, 0.15) is 13.8 Å². The van der Waals surface area contributed by atoms with Crippen molar-refractivity contribution in [3.8, 4) is 0 Å². The number of carbonyl (C=O) groups is 1. The highest BCUT2D eigenvalue weighted by Gasteiger charge is 2.53. The quantitative estimate of drug-likeness (QED) is 0.105. The smallest absolute Gasteiger partial charge is 0.320 e. The minimum absolute atomic E-state index is 0.523. The Kier molecular flexibility index (Phi) is 12.2. The molecule has 3 aliphatic heterocycles. The highest BCUT2D eigenvalue weighted by atomic mass is 16.7. The van der Waals surface area contributed by atoms with Crippen LogP contribution in [-0.2, 0) is 28.5 Å². The third-order valence-electron chi connectivity index (χ3n) is 7.59. The average Bonchev–Trinajstić information content (AvgIpc) is 2.93.